The molecule has 18 heavy (non-hydrogen) atoms. The van der Waals surface area contributed by atoms with Gasteiger partial charge in [-0.3, -0.25) is 4.79 Å². The zero-order valence-electron chi connectivity index (χ0n) is 11.1. The Bertz CT molecular complexity index is 434. The molecule has 0 radical (unpaired) electrons. The highest BCUT2D eigenvalue weighted by Gasteiger charge is 2.22. The lowest BCUT2D eigenvalue weighted by Gasteiger charge is -2.31. The second-order valence-electron chi connectivity index (χ2n) is 5.15. The molecule has 3 nitrogen and oxygen atoms in total. The summed E-state index contributed by atoms with van der Waals surface area (Å²) in [5, 5.41) is 9.66. The second-order valence-corrected chi connectivity index (χ2v) is 5.15. The van der Waals surface area contributed by atoms with Gasteiger partial charge in [0.1, 0.15) is 5.75 Å². The highest BCUT2D eigenvalue weighted by atomic mass is 16.3. The molecule has 1 aromatic rings. The van der Waals surface area contributed by atoms with Crippen molar-refractivity contribution in [3.8, 4) is 5.75 Å². The molecule has 1 aliphatic heterocycles. The Kier molecular flexibility index (Phi) is 3.90. The number of carbonyl (C=O) groups excluding carboxylic acids is 1. The Hall–Kier alpha value is -1.51. The fourth-order valence-corrected chi connectivity index (χ4v) is 2.47. The maximum Gasteiger partial charge on any atom is 0.253 e. The lowest BCUT2D eigenvalue weighted by Crippen LogP contribution is -2.38. The molecular weight excluding hydrogens is 226 g/mol. The van der Waals surface area contributed by atoms with Crippen LogP contribution in [0.2, 0.25) is 0 Å². The largest absolute Gasteiger partial charge is 0.508 e. The summed E-state index contributed by atoms with van der Waals surface area (Å²) >= 11 is 0. The Balaban J connectivity index is 2.05. The van der Waals surface area contributed by atoms with Gasteiger partial charge in [0, 0.05) is 18.7 Å². The lowest BCUT2D eigenvalue weighted by molar-refractivity contribution is 0.0688. The van der Waals surface area contributed by atoms with Crippen LogP contribution in [0.5, 0.6) is 5.75 Å². The van der Waals surface area contributed by atoms with Gasteiger partial charge in [-0.1, -0.05) is 19.4 Å². The molecule has 1 fully saturated rings. The number of rotatable bonds is 2. The molecule has 0 saturated carbocycles. The van der Waals surface area contributed by atoms with Crippen molar-refractivity contribution in [3.63, 3.8) is 0 Å². The van der Waals surface area contributed by atoms with E-state index in [1.807, 2.05) is 11.8 Å². The van der Waals surface area contributed by atoms with E-state index in [4.69, 9.17) is 0 Å². The fourth-order valence-electron chi connectivity index (χ4n) is 2.47. The number of amides is 1. The standard InChI is InChI=1S/C15H21NO2/c1-3-12-6-8-16(9-7-12)15(18)13-5-4-11(2)14(17)10-13/h4-5,10,12,17H,3,6-9H2,1-2H3. The molecule has 1 N–H and O–H groups in total. The molecule has 1 heterocycles. The smallest absolute Gasteiger partial charge is 0.253 e. The average molecular weight is 247 g/mol. The summed E-state index contributed by atoms with van der Waals surface area (Å²) in [4.78, 5) is 14.2. The molecule has 0 unspecified atom stereocenters. The van der Waals surface area contributed by atoms with Crippen LogP contribution in [0.15, 0.2) is 18.2 Å². The van der Waals surface area contributed by atoms with Gasteiger partial charge in [0.15, 0.2) is 0 Å². The topological polar surface area (TPSA) is 40.5 Å². The highest BCUT2D eigenvalue weighted by molar-refractivity contribution is 5.94. The Morgan fingerprint density at radius 2 is 2.06 bits per heavy atom. The van der Waals surface area contributed by atoms with Gasteiger partial charge in [-0.15, -0.1) is 0 Å². The number of benzene rings is 1. The van der Waals surface area contributed by atoms with Gasteiger partial charge in [-0.2, -0.15) is 0 Å². The van der Waals surface area contributed by atoms with E-state index >= 15 is 0 Å². The van der Waals surface area contributed by atoms with E-state index in [9.17, 15) is 9.90 Å². The summed E-state index contributed by atoms with van der Waals surface area (Å²) in [5.74, 6) is 1.00. The molecule has 1 saturated heterocycles. The first kappa shape index (κ1) is 12.9. The first-order valence-electron chi connectivity index (χ1n) is 6.70. The number of carbonyl (C=O) groups is 1. The van der Waals surface area contributed by atoms with Crippen LogP contribution in [0.1, 0.15) is 42.1 Å². The van der Waals surface area contributed by atoms with Gasteiger partial charge in [-0.05, 0) is 43.4 Å². The van der Waals surface area contributed by atoms with E-state index in [1.54, 1.807) is 18.2 Å². The quantitative estimate of drug-likeness (QED) is 0.872. The van der Waals surface area contributed by atoms with E-state index < -0.39 is 0 Å². The van der Waals surface area contributed by atoms with Gasteiger partial charge in [0.2, 0.25) is 0 Å². The van der Waals surface area contributed by atoms with E-state index in [0.29, 0.717) is 5.56 Å². The summed E-state index contributed by atoms with van der Waals surface area (Å²) in [6.07, 6.45) is 3.40. The number of hydrogen-bond acceptors (Lipinski definition) is 2. The van der Waals surface area contributed by atoms with Crippen LogP contribution in [-0.2, 0) is 0 Å². The van der Waals surface area contributed by atoms with Gasteiger partial charge in [-0.25, -0.2) is 0 Å². The number of hydrogen-bond donors (Lipinski definition) is 1. The molecule has 0 bridgehead atoms. The highest BCUT2D eigenvalue weighted by Crippen LogP contribution is 2.23. The molecule has 3 heteroatoms. The van der Waals surface area contributed by atoms with Crippen LogP contribution in [-0.4, -0.2) is 29.0 Å². The number of aromatic hydroxyl groups is 1. The van der Waals surface area contributed by atoms with Crippen LogP contribution >= 0.6 is 0 Å². The van der Waals surface area contributed by atoms with Crippen LogP contribution in [0, 0.1) is 12.8 Å². The molecule has 0 atom stereocenters. The van der Waals surface area contributed by atoms with E-state index in [2.05, 4.69) is 6.92 Å². The van der Waals surface area contributed by atoms with Crippen molar-refractivity contribution in [2.45, 2.75) is 33.1 Å². The molecule has 0 aromatic heterocycles. The summed E-state index contributed by atoms with van der Waals surface area (Å²) in [6.45, 7) is 5.72. The van der Waals surface area contributed by atoms with Crippen LogP contribution in [0.25, 0.3) is 0 Å². The fraction of sp³-hybridized carbons (Fsp3) is 0.533. The maximum absolute atomic E-state index is 12.3. The van der Waals surface area contributed by atoms with Gasteiger partial charge < -0.3 is 10.0 Å². The molecule has 1 aromatic carbocycles. The van der Waals surface area contributed by atoms with Crippen molar-refractivity contribution in [1.82, 2.24) is 4.90 Å². The van der Waals surface area contributed by atoms with E-state index in [0.717, 1.165) is 37.4 Å². The summed E-state index contributed by atoms with van der Waals surface area (Å²) in [6, 6.07) is 5.16. The number of aryl methyl sites for hydroxylation is 1. The number of phenolic OH excluding ortho intramolecular Hbond substituents is 1. The van der Waals surface area contributed by atoms with Crippen molar-refractivity contribution in [2.75, 3.05) is 13.1 Å². The molecule has 1 aliphatic rings. The van der Waals surface area contributed by atoms with Crippen LogP contribution < -0.4 is 0 Å². The predicted octanol–water partition coefficient (Wildman–Crippen LogP) is 2.96. The Labute approximate surface area is 108 Å². The summed E-state index contributed by atoms with van der Waals surface area (Å²) in [5.41, 5.74) is 1.39. The zero-order valence-corrected chi connectivity index (χ0v) is 11.1. The minimum absolute atomic E-state index is 0.0415. The number of piperidine rings is 1. The predicted molar refractivity (Wildman–Crippen MR) is 71.8 cm³/mol. The summed E-state index contributed by atoms with van der Waals surface area (Å²) in [7, 11) is 0. The Morgan fingerprint density at radius 3 is 2.61 bits per heavy atom. The van der Waals surface area contributed by atoms with Crippen molar-refractivity contribution >= 4 is 5.91 Å². The van der Waals surface area contributed by atoms with E-state index in [1.165, 1.54) is 6.42 Å². The van der Waals surface area contributed by atoms with Crippen molar-refractivity contribution < 1.29 is 9.90 Å². The Morgan fingerprint density at radius 1 is 1.39 bits per heavy atom. The van der Waals surface area contributed by atoms with E-state index in [-0.39, 0.29) is 11.7 Å². The van der Waals surface area contributed by atoms with Crippen LogP contribution in [0.3, 0.4) is 0 Å². The minimum atomic E-state index is 0.0415. The van der Waals surface area contributed by atoms with Crippen molar-refractivity contribution in [1.29, 1.82) is 0 Å². The average Bonchev–Trinajstić information content (AvgIpc) is 2.41. The number of phenols is 1. The maximum atomic E-state index is 12.3. The monoisotopic (exact) mass is 247 g/mol. The van der Waals surface area contributed by atoms with Crippen molar-refractivity contribution in [2.24, 2.45) is 5.92 Å². The van der Waals surface area contributed by atoms with Gasteiger partial charge >= 0.3 is 0 Å². The van der Waals surface area contributed by atoms with Crippen molar-refractivity contribution in [3.05, 3.63) is 29.3 Å². The molecule has 1 amide bonds. The van der Waals surface area contributed by atoms with Gasteiger partial charge in [0.05, 0.1) is 0 Å². The number of likely N-dealkylation sites (tertiary alicyclic amines) is 1. The third kappa shape index (κ3) is 2.66. The molecule has 0 aliphatic carbocycles. The lowest BCUT2D eigenvalue weighted by atomic mass is 9.94. The zero-order chi connectivity index (χ0) is 13.1. The van der Waals surface area contributed by atoms with Gasteiger partial charge in [0.25, 0.3) is 5.91 Å². The molecule has 98 valence electrons. The third-order valence-corrected chi connectivity index (χ3v) is 3.94. The summed E-state index contributed by atoms with van der Waals surface area (Å²) < 4.78 is 0. The minimum Gasteiger partial charge on any atom is -0.508 e. The normalized spacial score (nSPS) is 16.9. The molecular formula is C15H21NO2. The number of nitrogens with zero attached hydrogens (tertiary/aromatic N) is 1. The molecule has 2 rings (SSSR count). The first-order chi connectivity index (χ1) is 8.61. The first-order valence-corrected chi connectivity index (χ1v) is 6.70. The SMILES string of the molecule is CCC1CCN(C(=O)c2ccc(C)c(O)c2)CC1. The van der Waals surface area contributed by atoms with Crippen LogP contribution in [0.4, 0.5) is 0 Å². The second kappa shape index (κ2) is 5.42. The molecule has 0 spiro atoms. The third-order valence-electron chi connectivity index (χ3n) is 3.94.